The SMILES string of the molecule is Cc1nc(SCC(=O)Nc2ccc([N+](=O)[O-])cc2)[nH]c(=O)c1Cc1ccc(Cl)cc1. The van der Waals surface area contributed by atoms with Gasteiger partial charge in [0.1, 0.15) is 0 Å². The molecule has 154 valence electrons. The molecule has 2 aromatic carbocycles. The number of amides is 1. The molecule has 2 N–H and O–H groups in total. The van der Waals surface area contributed by atoms with Crippen LogP contribution >= 0.6 is 23.4 Å². The highest BCUT2D eigenvalue weighted by Crippen LogP contribution is 2.18. The summed E-state index contributed by atoms with van der Waals surface area (Å²) < 4.78 is 0. The molecule has 0 radical (unpaired) electrons. The molecule has 0 aliphatic rings. The summed E-state index contributed by atoms with van der Waals surface area (Å²) in [5, 5.41) is 14.3. The van der Waals surface area contributed by atoms with E-state index in [-0.39, 0.29) is 22.9 Å². The van der Waals surface area contributed by atoms with Gasteiger partial charge in [0, 0.05) is 40.5 Å². The lowest BCUT2D eigenvalue weighted by molar-refractivity contribution is -0.384. The molecule has 1 heterocycles. The quantitative estimate of drug-likeness (QED) is 0.246. The minimum atomic E-state index is -0.512. The second-order valence-corrected chi connectivity index (χ2v) is 7.78. The van der Waals surface area contributed by atoms with Crippen LogP contribution < -0.4 is 10.9 Å². The number of nitrogens with zero attached hydrogens (tertiary/aromatic N) is 2. The van der Waals surface area contributed by atoms with Gasteiger partial charge in [-0.25, -0.2) is 4.98 Å². The standard InChI is InChI=1S/C20H17ClN4O4S/c1-12-17(10-13-2-4-14(21)5-3-13)19(27)24-20(22-12)30-11-18(26)23-15-6-8-16(9-7-15)25(28)29/h2-9H,10-11H2,1H3,(H,23,26)(H,22,24,27). The van der Waals surface area contributed by atoms with E-state index >= 15 is 0 Å². The van der Waals surface area contributed by atoms with Gasteiger partial charge in [-0.3, -0.25) is 19.7 Å². The van der Waals surface area contributed by atoms with Crippen molar-refractivity contribution in [2.75, 3.05) is 11.1 Å². The highest BCUT2D eigenvalue weighted by molar-refractivity contribution is 7.99. The van der Waals surface area contributed by atoms with E-state index in [4.69, 9.17) is 11.6 Å². The minimum Gasteiger partial charge on any atom is -0.325 e. The maximum atomic E-state index is 12.5. The number of nitro benzene ring substituents is 1. The van der Waals surface area contributed by atoms with Gasteiger partial charge in [-0.15, -0.1) is 0 Å². The third-order valence-corrected chi connectivity index (χ3v) is 5.32. The number of non-ortho nitro benzene ring substituents is 1. The Morgan fingerprint density at radius 3 is 2.47 bits per heavy atom. The molecule has 0 spiro atoms. The van der Waals surface area contributed by atoms with E-state index in [0.29, 0.717) is 33.5 Å². The smallest absolute Gasteiger partial charge is 0.269 e. The van der Waals surface area contributed by atoms with Crippen molar-refractivity contribution >= 4 is 40.6 Å². The van der Waals surface area contributed by atoms with Crippen molar-refractivity contribution < 1.29 is 9.72 Å². The zero-order valence-electron chi connectivity index (χ0n) is 15.8. The summed E-state index contributed by atoms with van der Waals surface area (Å²) in [5.74, 6) is -0.296. The molecular formula is C20H17ClN4O4S. The Morgan fingerprint density at radius 1 is 1.20 bits per heavy atom. The van der Waals surface area contributed by atoms with Crippen LogP contribution in [-0.4, -0.2) is 26.6 Å². The Balaban J connectivity index is 1.61. The van der Waals surface area contributed by atoms with Crippen LogP contribution in [0, 0.1) is 17.0 Å². The molecule has 1 amide bonds. The fourth-order valence-electron chi connectivity index (χ4n) is 2.67. The number of thioether (sulfide) groups is 1. The van der Waals surface area contributed by atoms with E-state index in [1.54, 1.807) is 19.1 Å². The Bertz CT molecular complexity index is 1130. The first-order chi connectivity index (χ1) is 14.3. The number of H-pyrrole nitrogens is 1. The highest BCUT2D eigenvalue weighted by Gasteiger charge is 2.12. The van der Waals surface area contributed by atoms with Gasteiger partial charge in [0.15, 0.2) is 5.16 Å². The largest absolute Gasteiger partial charge is 0.325 e. The molecule has 3 rings (SSSR count). The van der Waals surface area contributed by atoms with Crippen molar-refractivity contribution in [3.05, 3.63) is 90.8 Å². The number of aromatic amines is 1. The van der Waals surface area contributed by atoms with Crippen LogP contribution in [0.25, 0.3) is 0 Å². The average molecular weight is 445 g/mol. The van der Waals surface area contributed by atoms with Crippen molar-refractivity contribution in [3.63, 3.8) is 0 Å². The van der Waals surface area contributed by atoms with Crippen LogP contribution in [0.2, 0.25) is 5.02 Å². The summed E-state index contributed by atoms with van der Waals surface area (Å²) in [4.78, 5) is 41.8. The predicted molar refractivity (Wildman–Crippen MR) is 116 cm³/mol. The van der Waals surface area contributed by atoms with Gasteiger partial charge < -0.3 is 10.3 Å². The number of aromatic nitrogens is 2. The summed E-state index contributed by atoms with van der Waals surface area (Å²) in [5.41, 5.74) is 2.22. The fourth-order valence-corrected chi connectivity index (χ4v) is 3.50. The Kier molecular flexibility index (Phi) is 6.86. The van der Waals surface area contributed by atoms with Crippen molar-refractivity contribution in [2.24, 2.45) is 0 Å². The zero-order chi connectivity index (χ0) is 21.7. The second kappa shape index (κ2) is 9.55. The molecule has 0 saturated carbocycles. The molecule has 30 heavy (non-hydrogen) atoms. The van der Waals surface area contributed by atoms with E-state index in [1.165, 1.54) is 24.3 Å². The van der Waals surface area contributed by atoms with Crippen LogP contribution in [0.5, 0.6) is 0 Å². The van der Waals surface area contributed by atoms with Crippen LogP contribution in [0.4, 0.5) is 11.4 Å². The van der Waals surface area contributed by atoms with Gasteiger partial charge in [0.05, 0.1) is 10.7 Å². The number of benzene rings is 2. The number of nitrogens with one attached hydrogen (secondary N) is 2. The number of carbonyl (C=O) groups excluding carboxylic acids is 1. The first-order valence-electron chi connectivity index (χ1n) is 8.83. The van der Waals surface area contributed by atoms with E-state index in [1.807, 2.05) is 12.1 Å². The zero-order valence-corrected chi connectivity index (χ0v) is 17.4. The number of carbonyl (C=O) groups is 1. The minimum absolute atomic E-state index is 0.0237. The van der Waals surface area contributed by atoms with Crippen LogP contribution in [0.15, 0.2) is 58.5 Å². The maximum Gasteiger partial charge on any atom is 0.269 e. The van der Waals surface area contributed by atoms with E-state index in [0.717, 1.165) is 17.3 Å². The van der Waals surface area contributed by atoms with E-state index < -0.39 is 4.92 Å². The van der Waals surface area contributed by atoms with Crippen molar-refractivity contribution in [3.8, 4) is 0 Å². The third kappa shape index (κ3) is 5.68. The lowest BCUT2D eigenvalue weighted by atomic mass is 10.1. The molecule has 0 fully saturated rings. The number of halogens is 1. The predicted octanol–water partition coefficient (Wildman–Crippen LogP) is 3.96. The normalized spacial score (nSPS) is 10.6. The molecule has 0 atom stereocenters. The first kappa shape index (κ1) is 21.5. The molecule has 10 heteroatoms. The number of nitro groups is 1. The second-order valence-electron chi connectivity index (χ2n) is 6.38. The summed E-state index contributed by atoms with van der Waals surface area (Å²) in [6.07, 6.45) is 0.427. The molecule has 0 unspecified atom stereocenters. The molecule has 0 aliphatic carbocycles. The van der Waals surface area contributed by atoms with Crippen LogP contribution in [0.3, 0.4) is 0 Å². The number of hydrogen-bond acceptors (Lipinski definition) is 6. The van der Waals surface area contributed by atoms with Gasteiger partial charge in [0.25, 0.3) is 11.2 Å². The average Bonchev–Trinajstić information content (AvgIpc) is 2.71. The molecule has 0 saturated heterocycles. The summed E-state index contributed by atoms with van der Waals surface area (Å²) in [6, 6.07) is 12.8. The molecule has 0 aliphatic heterocycles. The maximum absolute atomic E-state index is 12.5. The molecule has 8 nitrogen and oxygen atoms in total. The number of hydrogen-bond donors (Lipinski definition) is 2. The van der Waals surface area contributed by atoms with E-state index in [2.05, 4.69) is 15.3 Å². The number of rotatable bonds is 7. The lowest BCUT2D eigenvalue weighted by Crippen LogP contribution is -2.19. The first-order valence-corrected chi connectivity index (χ1v) is 10.2. The number of anilines is 1. The van der Waals surface area contributed by atoms with Crippen molar-refractivity contribution in [1.82, 2.24) is 9.97 Å². The van der Waals surface area contributed by atoms with Gasteiger partial charge in [-0.1, -0.05) is 35.5 Å². The van der Waals surface area contributed by atoms with Crippen molar-refractivity contribution in [1.29, 1.82) is 0 Å². The van der Waals surface area contributed by atoms with Gasteiger partial charge in [-0.05, 0) is 36.8 Å². The Labute approximate surface area is 180 Å². The van der Waals surface area contributed by atoms with Crippen LogP contribution in [0.1, 0.15) is 16.8 Å². The van der Waals surface area contributed by atoms with Gasteiger partial charge >= 0.3 is 0 Å². The van der Waals surface area contributed by atoms with Gasteiger partial charge in [-0.2, -0.15) is 0 Å². The molecule has 3 aromatic rings. The van der Waals surface area contributed by atoms with Gasteiger partial charge in [0.2, 0.25) is 5.91 Å². The Hall–Kier alpha value is -3.17. The summed E-state index contributed by atoms with van der Waals surface area (Å²) in [6.45, 7) is 1.75. The van der Waals surface area contributed by atoms with E-state index in [9.17, 15) is 19.7 Å². The fraction of sp³-hybridized carbons (Fsp3) is 0.150. The molecular weight excluding hydrogens is 428 g/mol. The van der Waals surface area contributed by atoms with Crippen LogP contribution in [-0.2, 0) is 11.2 Å². The molecule has 0 bridgehead atoms. The topological polar surface area (TPSA) is 118 Å². The third-order valence-electron chi connectivity index (χ3n) is 4.20. The Morgan fingerprint density at radius 2 is 1.87 bits per heavy atom. The summed E-state index contributed by atoms with van der Waals surface area (Å²) >= 11 is 6.98. The molecule has 1 aromatic heterocycles. The summed E-state index contributed by atoms with van der Waals surface area (Å²) in [7, 11) is 0. The van der Waals surface area contributed by atoms with Crippen molar-refractivity contribution in [2.45, 2.75) is 18.5 Å². The highest BCUT2D eigenvalue weighted by atomic mass is 35.5. The monoisotopic (exact) mass is 444 g/mol. The number of aryl methyl sites for hydroxylation is 1. The lowest BCUT2D eigenvalue weighted by Gasteiger charge is -2.08.